The van der Waals surface area contributed by atoms with Gasteiger partial charge in [0.15, 0.2) is 11.4 Å². The highest BCUT2D eigenvalue weighted by Crippen LogP contribution is 2.44. The average Bonchev–Trinajstić information content (AvgIpc) is 3.08. The average molecular weight is 342 g/mol. The first-order valence-corrected chi connectivity index (χ1v) is 7.81. The van der Waals surface area contributed by atoms with E-state index in [4.69, 9.17) is 23.7 Å². The highest BCUT2D eigenvalue weighted by Gasteiger charge is 2.60. The van der Waals surface area contributed by atoms with Crippen molar-refractivity contribution < 1.29 is 38.0 Å². The molecule has 0 radical (unpaired) electrons. The first-order valence-electron chi connectivity index (χ1n) is 7.81. The molecule has 0 aliphatic carbocycles. The number of carbonyl (C=O) groups excluding carboxylic acids is 2. The van der Waals surface area contributed by atoms with E-state index in [1.54, 1.807) is 0 Å². The molecule has 3 fully saturated rings. The molecule has 0 aromatic rings. The maximum Gasteiger partial charge on any atom is 0.342 e. The fourth-order valence-electron chi connectivity index (χ4n) is 3.45. The summed E-state index contributed by atoms with van der Waals surface area (Å²) in [6.07, 6.45) is 1.28. The van der Waals surface area contributed by atoms with Gasteiger partial charge in [0.1, 0.15) is 18.3 Å². The van der Waals surface area contributed by atoms with Crippen LogP contribution in [0.1, 0.15) is 20.3 Å². The van der Waals surface area contributed by atoms with Crippen LogP contribution in [0.4, 0.5) is 0 Å². The summed E-state index contributed by atoms with van der Waals surface area (Å²) in [4.78, 5) is 23.7. The molecule has 5 atom stereocenters. The van der Waals surface area contributed by atoms with Crippen LogP contribution in [0.25, 0.3) is 0 Å². The second-order valence-electron chi connectivity index (χ2n) is 6.53. The Hall–Kier alpha value is -1.48. The summed E-state index contributed by atoms with van der Waals surface area (Å²) in [6, 6.07) is 0. The molecular weight excluding hydrogens is 320 g/mol. The standard InChI is InChI=1S/C16H22O8/c1-15(2)22-10-8-21-9-7-16(14(18)20-4,6-5-11(17)19-3)24-12(9)13(10)23-15/h5-6,9-10,12-13H,7-8H2,1-4H3/b6-5+/t9-,10+,12+,13+,16-/m1/s1. The van der Waals surface area contributed by atoms with Gasteiger partial charge in [-0.15, -0.1) is 0 Å². The van der Waals surface area contributed by atoms with Crippen molar-refractivity contribution in [2.24, 2.45) is 0 Å². The topological polar surface area (TPSA) is 89.5 Å². The molecule has 0 saturated carbocycles. The summed E-state index contributed by atoms with van der Waals surface area (Å²) in [6.45, 7) is 4.00. The zero-order valence-electron chi connectivity index (χ0n) is 14.1. The third kappa shape index (κ3) is 2.95. The van der Waals surface area contributed by atoms with E-state index in [0.717, 1.165) is 6.08 Å². The molecule has 134 valence electrons. The smallest absolute Gasteiger partial charge is 0.342 e. The Morgan fingerprint density at radius 1 is 1.04 bits per heavy atom. The second-order valence-corrected chi connectivity index (χ2v) is 6.53. The van der Waals surface area contributed by atoms with E-state index in [1.807, 2.05) is 13.8 Å². The zero-order valence-corrected chi connectivity index (χ0v) is 14.1. The predicted molar refractivity (Wildman–Crippen MR) is 79.0 cm³/mol. The molecule has 24 heavy (non-hydrogen) atoms. The second kappa shape index (κ2) is 6.11. The third-order valence-corrected chi connectivity index (χ3v) is 4.46. The van der Waals surface area contributed by atoms with E-state index in [-0.39, 0.29) is 24.7 Å². The number of methoxy groups -OCH3 is 2. The largest absolute Gasteiger partial charge is 0.467 e. The first-order chi connectivity index (χ1) is 11.3. The molecule has 3 saturated heterocycles. The van der Waals surface area contributed by atoms with E-state index in [0.29, 0.717) is 6.61 Å². The molecule has 0 aromatic heterocycles. The van der Waals surface area contributed by atoms with Gasteiger partial charge >= 0.3 is 11.9 Å². The lowest BCUT2D eigenvalue weighted by Gasteiger charge is -2.32. The van der Waals surface area contributed by atoms with Crippen molar-refractivity contribution in [1.29, 1.82) is 0 Å². The Morgan fingerprint density at radius 2 is 1.75 bits per heavy atom. The van der Waals surface area contributed by atoms with Crippen LogP contribution in [0, 0.1) is 0 Å². The van der Waals surface area contributed by atoms with Gasteiger partial charge in [-0.05, 0) is 19.9 Å². The summed E-state index contributed by atoms with van der Waals surface area (Å²) in [5.41, 5.74) is -1.41. The first kappa shape index (κ1) is 17.3. The van der Waals surface area contributed by atoms with Crippen LogP contribution in [0.15, 0.2) is 12.2 Å². The van der Waals surface area contributed by atoms with Crippen molar-refractivity contribution in [3.8, 4) is 0 Å². The summed E-state index contributed by atoms with van der Waals surface area (Å²) in [5.74, 6) is -1.93. The van der Waals surface area contributed by atoms with Crippen molar-refractivity contribution in [2.45, 2.75) is 56.1 Å². The van der Waals surface area contributed by atoms with Crippen LogP contribution in [-0.4, -0.2) is 68.6 Å². The molecule has 3 aliphatic heterocycles. The fraction of sp³-hybridized carbons (Fsp3) is 0.750. The molecule has 0 amide bonds. The van der Waals surface area contributed by atoms with E-state index in [9.17, 15) is 9.59 Å². The van der Waals surface area contributed by atoms with Gasteiger partial charge < -0.3 is 28.4 Å². The van der Waals surface area contributed by atoms with Crippen LogP contribution in [0.5, 0.6) is 0 Å². The monoisotopic (exact) mass is 342 g/mol. The van der Waals surface area contributed by atoms with E-state index in [1.165, 1.54) is 20.3 Å². The van der Waals surface area contributed by atoms with Crippen LogP contribution in [0.3, 0.4) is 0 Å². The Morgan fingerprint density at radius 3 is 2.42 bits per heavy atom. The summed E-state index contributed by atoms with van der Waals surface area (Å²) in [7, 11) is 2.52. The van der Waals surface area contributed by atoms with Crippen molar-refractivity contribution in [3.05, 3.63) is 12.2 Å². The minimum Gasteiger partial charge on any atom is -0.467 e. The lowest BCUT2D eigenvalue weighted by atomic mass is 9.94. The zero-order chi connectivity index (χ0) is 17.5. The Bertz CT molecular complexity index is 556. The highest BCUT2D eigenvalue weighted by molar-refractivity contribution is 5.87. The van der Waals surface area contributed by atoms with Crippen molar-refractivity contribution in [2.75, 3.05) is 20.8 Å². The third-order valence-electron chi connectivity index (χ3n) is 4.46. The van der Waals surface area contributed by atoms with Gasteiger partial charge in [-0.3, -0.25) is 0 Å². The van der Waals surface area contributed by atoms with Gasteiger partial charge in [-0.25, -0.2) is 9.59 Å². The van der Waals surface area contributed by atoms with Gasteiger partial charge in [-0.2, -0.15) is 0 Å². The number of esters is 2. The minimum atomic E-state index is -1.41. The number of ether oxygens (including phenoxy) is 6. The van der Waals surface area contributed by atoms with Gasteiger partial charge in [-0.1, -0.05) is 0 Å². The van der Waals surface area contributed by atoms with Crippen LogP contribution in [-0.2, 0) is 38.0 Å². The molecule has 8 nitrogen and oxygen atoms in total. The molecule has 0 spiro atoms. The van der Waals surface area contributed by atoms with Crippen molar-refractivity contribution in [1.82, 2.24) is 0 Å². The fourth-order valence-corrected chi connectivity index (χ4v) is 3.45. The van der Waals surface area contributed by atoms with Crippen LogP contribution >= 0.6 is 0 Å². The normalized spacial score (nSPS) is 40.2. The quantitative estimate of drug-likeness (QED) is 0.536. The van der Waals surface area contributed by atoms with E-state index in [2.05, 4.69) is 4.74 Å². The van der Waals surface area contributed by atoms with E-state index >= 15 is 0 Å². The number of rotatable bonds is 3. The molecule has 8 heteroatoms. The van der Waals surface area contributed by atoms with Gasteiger partial charge in [0.2, 0.25) is 0 Å². The molecular formula is C16H22O8. The Labute approximate surface area is 140 Å². The number of fused-ring (bicyclic) bond motifs is 3. The molecule has 3 aliphatic rings. The van der Waals surface area contributed by atoms with Gasteiger partial charge in [0.05, 0.1) is 26.9 Å². The summed E-state index contributed by atoms with van der Waals surface area (Å²) < 4.78 is 33.0. The van der Waals surface area contributed by atoms with E-state index < -0.39 is 29.4 Å². The van der Waals surface area contributed by atoms with Crippen molar-refractivity contribution >= 4 is 11.9 Å². The molecule has 0 aromatic carbocycles. The number of hydrogen-bond acceptors (Lipinski definition) is 8. The van der Waals surface area contributed by atoms with Gasteiger partial charge in [0, 0.05) is 12.5 Å². The predicted octanol–water partition coefficient (Wildman–Crippen LogP) is 0.335. The lowest BCUT2D eigenvalue weighted by Crippen LogP contribution is -2.49. The minimum absolute atomic E-state index is 0.227. The molecule has 0 unspecified atom stereocenters. The number of carbonyl (C=O) groups is 2. The SMILES string of the molecule is COC(=O)/C=C/[C@]1(C(=O)OC)C[C@H]2OC[C@@H]3OC(C)(C)O[C@@H]3[C@H]2O1. The summed E-state index contributed by atoms with van der Waals surface area (Å²) >= 11 is 0. The number of hydrogen-bond donors (Lipinski definition) is 0. The van der Waals surface area contributed by atoms with Crippen LogP contribution < -0.4 is 0 Å². The molecule has 0 bridgehead atoms. The summed E-state index contributed by atoms with van der Waals surface area (Å²) in [5, 5.41) is 0. The molecule has 3 rings (SSSR count). The van der Waals surface area contributed by atoms with Crippen LogP contribution in [0.2, 0.25) is 0 Å². The lowest BCUT2D eigenvalue weighted by molar-refractivity contribution is -0.179. The maximum absolute atomic E-state index is 12.3. The van der Waals surface area contributed by atoms with Crippen molar-refractivity contribution in [3.63, 3.8) is 0 Å². The Balaban J connectivity index is 1.85. The van der Waals surface area contributed by atoms with Gasteiger partial charge in [0.25, 0.3) is 0 Å². The molecule has 0 N–H and O–H groups in total. The maximum atomic E-state index is 12.3. The highest BCUT2D eigenvalue weighted by atomic mass is 16.8. The molecule has 3 heterocycles. The Kier molecular flexibility index (Phi) is 4.41.